The van der Waals surface area contributed by atoms with Crippen LogP contribution in [0.25, 0.3) is 11.0 Å². The van der Waals surface area contributed by atoms with Gasteiger partial charge >= 0.3 is 17.6 Å². The number of rotatable bonds is 11. The van der Waals surface area contributed by atoms with Crippen LogP contribution >= 0.6 is 11.8 Å². The molecule has 31 heavy (non-hydrogen) atoms. The van der Waals surface area contributed by atoms with Crippen molar-refractivity contribution in [3.8, 4) is 0 Å². The van der Waals surface area contributed by atoms with Crippen molar-refractivity contribution in [2.24, 2.45) is 5.73 Å². The lowest BCUT2D eigenvalue weighted by molar-refractivity contribution is -0.139. The SMILES string of the molecule is N[C@@H](CCC(=O)N[C@@H](CSc1cc2ccccc2oc1=O)C(=O)NCC(=O)O)C(=O)O. The molecule has 2 amide bonds. The van der Waals surface area contributed by atoms with Crippen LogP contribution < -0.4 is 22.0 Å². The molecule has 0 aliphatic rings. The summed E-state index contributed by atoms with van der Waals surface area (Å²) in [5.41, 5.74) is 5.14. The number of carboxylic acids is 2. The fourth-order valence-corrected chi connectivity index (χ4v) is 3.41. The highest BCUT2D eigenvalue weighted by Gasteiger charge is 2.23. The molecule has 2 aromatic rings. The minimum atomic E-state index is -1.27. The second-order valence-corrected chi connectivity index (χ2v) is 7.52. The fraction of sp³-hybridized carbons (Fsp3) is 0.316. The van der Waals surface area contributed by atoms with E-state index in [0.717, 1.165) is 11.8 Å². The molecule has 0 saturated carbocycles. The molecule has 0 spiro atoms. The lowest BCUT2D eigenvalue weighted by atomic mass is 10.1. The molecule has 0 fully saturated rings. The quantitative estimate of drug-likeness (QED) is 0.225. The lowest BCUT2D eigenvalue weighted by Gasteiger charge is -2.18. The number of hydrogen-bond acceptors (Lipinski definition) is 8. The Morgan fingerprint density at radius 1 is 1.16 bits per heavy atom. The van der Waals surface area contributed by atoms with Gasteiger partial charge in [0.15, 0.2) is 0 Å². The van der Waals surface area contributed by atoms with Crippen molar-refractivity contribution < 1.29 is 33.8 Å². The van der Waals surface area contributed by atoms with Crippen LogP contribution in [0, 0.1) is 0 Å². The van der Waals surface area contributed by atoms with Crippen LogP contribution in [0.15, 0.2) is 44.4 Å². The maximum absolute atomic E-state index is 12.3. The number of nitrogens with two attached hydrogens (primary N) is 1. The second-order valence-electron chi connectivity index (χ2n) is 6.46. The monoisotopic (exact) mass is 451 g/mol. The molecule has 0 saturated heterocycles. The van der Waals surface area contributed by atoms with E-state index in [1.54, 1.807) is 30.3 Å². The first kappa shape index (κ1) is 23.9. The summed E-state index contributed by atoms with van der Waals surface area (Å²) in [4.78, 5) is 58.3. The summed E-state index contributed by atoms with van der Waals surface area (Å²) in [6.07, 6.45) is -0.398. The van der Waals surface area contributed by atoms with Crippen molar-refractivity contribution >= 4 is 46.5 Å². The minimum Gasteiger partial charge on any atom is -0.480 e. The van der Waals surface area contributed by atoms with Crippen molar-refractivity contribution in [3.05, 3.63) is 40.8 Å². The van der Waals surface area contributed by atoms with Crippen LogP contribution in [-0.4, -0.2) is 58.3 Å². The first-order valence-electron chi connectivity index (χ1n) is 9.10. The van der Waals surface area contributed by atoms with Crippen molar-refractivity contribution in [1.29, 1.82) is 0 Å². The molecule has 0 radical (unpaired) electrons. The van der Waals surface area contributed by atoms with Gasteiger partial charge in [-0.15, -0.1) is 11.8 Å². The number of para-hydroxylation sites is 1. The highest BCUT2D eigenvalue weighted by molar-refractivity contribution is 7.99. The number of carbonyl (C=O) groups excluding carboxylic acids is 2. The Hall–Kier alpha value is -3.38. The highest BCUT2D eigenvalue weighted by atomic mass is 32.2. The Kier molecular flexibility index (Phi) is 8.58. The Morgan fingerprint density at radius 2 is 1.87 bits per heavy atom. The van der Waals surface area contributed by atoms with Gasteiger partial charge in [0.1, 0.15) is 24.2 Å². The number of benzene rings is 1. The fourth-order valence-electron chi connectivity index (χ4n) is 2.46. The van der Waals surface area contributed by atoms with Gasteiger partial charge in [0.25, 0.3) is 0 Å². The van der Waals surface area contributed by atoms with Crippen LogP contribution in [-0.2, 0) is 19.2 Å². The number of carboxylic acid groups (broad SMARTS) is 2. The molecule has 0 aliphatic carbocycles. The van der Waals surface area contributed by atoms with Gasteiger partial charge in [-0.1, -0.05) is 18.2 Å². The van der Waals surface area contributed by atoms with E-state index in [0.29, 0.717) is 11.0 Å². The van der Waals surface area contributed by atoms with Gasteiger partial charge in [0.2, 0.25) is 11.8 Å². The third-order valence-electron chi connectivity index (χ3n) is 4.08. The molecular formula is C19H21N3O8S. The molecule has 1 aromatic carbocycles. The molecule has 166 valence electrons. The average molecular weight is 451 g/mol. The Labute approximate surface area is 180 Å². The maximum atomic E-state index is 12.3. The third kappa shape index (κ3) is 7.42. The van der Waals surface area contributed by atoms with Crippen LogP contribution in [0.3, 0.4) is 0 Å². The molecule has 0 unspecified atom stereocenters. The molecule has 0 bridgehead atoms. The van der Waals surface area contributed by atoms with E-state index in [1.807, 2.05) is 0 Å². The van der Waals surface area contributed by atoms with E-state index < -0.39 is 48.0 Å². The average Bonchev–Trinajstić information content (AvgIpc) is 2.72. The van der Waals surface area contributed by atoms with E-state index >= 15 is 0 Å². The Balaban J connectivity index is 2.09. The van der Waals surface area contributed by atoms with Crippen LogP contribution in [0.4, 0.5) is 0 Å². The first-order valence-corrected chi connectivity index (χ1v) is 10.1. The van der Waals surface area contributed by atoms with E-state index in [2.05, 4.69) is 10.6 Å². The van der Waals surface area contributed by atoms with Gasteiger partial charge in [-0.25, -0.2) is 4.79 Å². The zero-order valence-electron chi connectivity index (χ0n) is 16.2. The van der Waals surface area contributed by atoms with Crippen molar-refractivity contribution in [2.75, 3.05) is 12.3 Å². The zero-order chi connectivity index (χ0) is 23.0. The topological polar surface area (TPSA) is 189 Å². The van der Waals surface area contributed by atoms with Gasteiger partial charge in [0, 0.05) is 17.6 Å². The summed E-state index contributed by atoms with van der Waals surface area (Å²) in [5, 5.41) is 22.8. The maximum Gasteiger partial charge on any atom is 0.350 e. The van der Waals surface area contributed by atoms with E-state index in [4.69, 9.17) is 20.4 Å². The highest BCUT2D eigenvalue weighted by Crippen LogP contribution is 2.20. The number of fused-ring (bicyclic) bond motifs is 1. The van der Waals surface area contributed by atoms with Gasteiger partial charge in [0.05, 0.1) is 4.90 Å². The largest absolute Gasteiger partial charge is 0.480 e. The summed E-state index contributed by atoms with van der Waals surface area (Å²) in [5.74, 6) is -4.03. The van der Waals surface area contributed by atoms with Crippen molar-refractivity contribution in [3.63, 3.8) is 0 Å². The molecule has 2 rings (SSSR count). The molecule has 6 N–H and O–H groups in total. The number of nitrogens with one attached hydrogen (secondary N) is 2. The number of aliphatic carboxylic acids is 2. The number of carbonyl (C=O) groups is 4. The Bertz CT molecular complexity index is 1040. The van der Waals surface area contributed by atoms with Crippen LogP contribution in [0.1, 0.15) is 12.8 Å². The normalized spacial score (nSPS) is 12.7. The van der Waals surface area contributed by atoms with E-state index in [9.17, 15) is 24.0 Å². The summed E-state index contributed by atoms with van der Waals surface area (Å²) in [7, 11) is 0. The molecule has 11 nitrogen and oxygen atoms in total. The molecule has 2 atom stereocenters. The first-order chi connectivity index (χ1) is 14.7. The number of amides is 2. The summed E-state index contributed by atoms with van der Waals surface area (Å²) in [6, 6.07) is 6.03. The smallest absolute Gasteiger partial charge is 0.350 e. The Morgan fingerprint density at radius 3 is 2.55 bits per heavy atom. The predicted octanol–water partition coefficient (Wildman–Crippen LogP) is -0.237. The zero-order valence-corrected chi connectivity index (χ0v) is 17.0. The molecular weight excluding hydrogens is 430 g/mol. The molecule has 1 heterocycles. The molecule has 0 aliphatic heterocycles. The predicted molar refractivity (Wildman–Crippen MR) is 111 cm³/mol. The number of hydrogen-bond donors (Lipinski definition) is 5. The molecule has 12 heteroatoms. The lowest BCUT2D eigenvalue weighted by Crippen LogP contribution is -2.49. The summed E-state index contributed by atoms with van der Waals surface area (Å²) >= 11 is 0.956. The summed E-state index contributed by atoms with van der Waals surface area (Å²) in [6.45, 7) is -0.655. The van der Waals surface area contributed by atoms with Crippen molar-refractivity contribution in [2.45, 2.75) is 29.8 Å². The van der Waals surface area contributed by atoms with Gasteiger partial charge in [-0.05, 0) is 18.6 Å². The van der Waals surface area contributed by atoms with Gasteiger partial charge < -0.3 is 31.0 Å². The van der Waals surface area contributed by atoms with Crippen LogP contribution in [0.2, 0.25) is 0 Å². The van der Waals surface area contributed by atoms with Gasteiger partial charge in [-0.2, -0.15) is 0 Å². The second kappa shape index (κ2) is 11.1. The minimum absolute atomic E-state index is 0.0920. The van der Waals surface area contributed by atoms with E-state index in [1.165, 1.54) is 0 Å². The van der Waals surface area contributed by atoms with Crippen LogP contribution in [0.5, 0.6) is 0 Å². The molecule has 1 aromatic heterocycles. The van der Waals surface area contributed by atoms with E-state index in [-0.39, 0.29) is 23.5 Å². The summed E-state index contributed by atoms with van der Waals surface area (Å²) < 4.78 is 5.22. The third-order valence-corrected chi connectivity index (χ3v) is 5.18. The van der Waals surface area contributed by atoms with Gasteiger partial charge in [-0.3, -0.25) is 19.2 Å². The standard InChI is InChI=1S/C19H21N3O8S/c20-11(18(27)28)5-6-15(23)22-12(17(26)21-8-16(24)25)9-31-14-7-10-3-1-2-4-13(10)30-19(14)29/h1-4,7,11-12H,5-6,8-9,20H2,(H,21,26)(H,22,23)(H,24,25)(H,27,28)/t11-,12-/m0/s1. The van der Waals surface area contributed by atoms with Crippen molar-refractivity contribution in [1.82, 2.24) is 10.6 Å². The number of thioether (sulfide) groups is 1.